The van der Waals surface area contributed by atoms with Crippen LogP contribution in [0.5, 0.6) is 11.5 Å². The molecule has 1 amide bonds. The largest absolute Gasteiger partial charge is 0.493 e. The van der Waals surface area contributed by atoms with Gasteiger partial charge in [-0.25, -0.2) is 8.42 Å². The molecule has 0 saturated heterocycles. The number of amides is 1. The standard InChI is InChI=1S/C23H23ClN2O5S/c1-16-6-4-5-7-20(16)25-23(27)15-26(18-10-8-17(24)9-11-18)32(28,29)19-12-13-21(30-2)22(14-19)31-3/h4-14H,15H2,1-3H3,(H,25,27). The van der Waals surface area contributed by atoms with Gasteiger partial charge in [0.1, 0.15) is 6.54 Å². The molecule has 1 N–H and O–H groups in total. The molecule has 0 atom stereocenters. The van der Waals surface area contributed by atoms with Crippen LogP contribution in [0.1, 0.15) is 5.56 Å². The second-order valence-electron chi connectivity index (χ2n) is 6.87. The van der Waals surface area contributed by atoms with Crippen molar-refractivity contribution in [1.82, 2.24) is 0 Å². The van der Waals surface area contributed by atoms with Gasteiger partial charge in [-0.1, -0.05) is 29.8 Å². The van der Waals surface area contributed by atoms with E-state index in [1.807, 2.05) is 19.1 Å². The molecule has 0 spiro atoms. The number of hydrogen-bond acceptors (Lipinski definition) is 5. The van der Waals surface area contributed by atoms with Crippen molar-refractivity contribution >= 4 is 38.9 Å². The van der Waals surface area contributed by atoms with Crippen LogP contribution in [0.15, 0.2) is 71.6 Å². The van der Waals surface area contributed by atoms with Gasteiger partial charge in [0.15, 0.2) is 11.5 Å². The van der Waals surface area contributed by atoms with Crippen LogP contribution in [0, 0.1) is 6.92 Å². The van der Waals surface area contributed by atoms with Gasteiger partial charge in [-0.2, -0.15) is 0 Å². The number of para-hydroxylation sites is 1. The summed E-state index contributed by atoms with van der Waals surface area (Å²) in [4.78, 5) is 12.8. The molecule has 32 heavy (non-hydrogen) atoms. The van der Waals surface area contributed by atoms with E-state index < -0.39 is 22.5 Å². The van der Waals surface area contributed by atoms with E-state index in [2.05, 4.69) is 5.32 Å². The first kappa shape index (κ1) is 23.4. The molecule has 0 unspecified atom stereocenters. The molecule has 7 nitrogen and oxygen atoms in total. The third-order valence-corrected chi connectivity index (χ3v) is 6.79. The summed E-state index contributed by atoms with van der Waals surface area (Å²) in [5, 5.41) is 3.22. The first-order valence-corrected chi connectivity index (χ1v) is 11.4. The lowest BCUT2D eigenvalue weighted by Gasteiger charge is -2.24. The molecule has 168 valence electrons. The highest BCUT2D eigenvalue weighted by Gasteiger charge is 2.28. The van der Waals surface area contributed by atoms with E-state index in [0.29, 0.717) is 22.1 Å². The number of aryl methyl sites for hydroxylation is 1. The number of nitrogens with one attached hydrogen (secondary N) is 1. The fourth-order valence-corrected chi connectivity index (χ4v) is 4.62. The number of ether oxygens (including phenoxy) is 2. The minimum Gasteiger partial charge on any atom is -0.493 e. The minimum atomic E-state index is -4.13. The zero-order valence-electron chi connectivity index (χ0n) is 17.8. The number of hydrogen-bond donors (Lipinski definition) is 1. The smallest absolute Gasteiger partial charge is 0.264 e. The molecule has 0 radical (unpaired) electrons. The molecule has 0 saturated carbocycles. The summed E-state index contributed by atoms with van der Waals surface area (Å²) in [7, 11) is -1.25. The molecule has 9 heteroatoms. The molecule has 0 bridgehead atoms. The first-order chi connectivity index (χ1) is 15.3. The van der Waals surface area contributed by atoms with Crippen LogP contribution in [0.2, 0.25) is 5.02 Å². The molecular weight excluding hydrogens is 452 g/mol. The van der Waals surface area contributed by atoms with Crippen molar-refractivity contribution in [3.63, 3.8) is 0 Å². The van der Waals surface area contributed by atoms with Crippen molar-refractivity contribution in [3.05, 3.63) is 77.3 Å². The Labute approximate surface area is 192 Å². The summed E-state index contributed by atoms with van der Waals surface area (Å²) in [6.07, 6.45) is 0. The molecule has 0 aliphatic carbocycles. The van der Waals surface area contributed by atoms with Gasteiger partial charge in [0.25, 0.3) is 10.0 Å². The van der Waals surface area contributed by atoms with Crippen molar-refractivity contribution in [2.75, 3.05) is 30.4 Å². The SMILES string of the molecule is COc1ccc(S(=O)(=O)N(CC(=O)Nc2ccccc2C)c2ccc(Cl)cc2)cc1OC. The van der Waals surface area contributed by atoms with Crippen LogP contribution in [-0.4, -0.2) is 35.1 Å². The van der Waals surface area contributed by atoms with Crippen LogP contribution in [0.4, 0.5) is 11.4 Å². The van der Waals surface area contributed by atoms with Gasteiger partial charge < -0.3 is 14.8 Å². The van der Waals surface area contributed by atoms with Crippen LogP contribution >= 0.6 is 11.6 Å². The van der Waals surface area contributed by atoms with Crippen LogP contribution in [0.25, 0.3) is 0 Å². The number of halogens is 1. The molecule has 0 aliphatic heterocycles. The summed E-state index contributed by atoms with van der Waals surface area (Å²) in [5.74, 6) is 0.161. The highest BCUT2D eigenvalue weighted by molar-refractivity contribution is 7.92. The molecule has 0 heterocycles. The summed E-state index contributed by atoms with van der Waals surface area (Å²) in [6.45, 7) is 1.42. The van der Waals surface area contributed by atoms with E-state index in [-0.39, 0.29) is 10.6 Å². The fourth-order valence-electron chi connectivity index (χ4n) is 3.06. The van der Waals surface area contributed by atoms with Crippen LogP contribution < -0.4 is 19.1 Å². The van der Waals surface area contributed by atoms with Crippen molar-refractivity contribution in [2.45, 2.75) is 11.8 Å². The summed E-state index contributed by atoms with van der Waals surface area (Å²) < 4.78 is 38.6. The number of sulfonamides is 1. The monoisotopic (exact) mass is 474 g/mol. The van der Waals surface area contributed by atoms with E-state index in [4.69, 9.17) is 21.1 Å². The predicted octanol–water partition coefficient (Wildman–Crippen LogP) is 4.50. The lowest BCUT2D eigenvalue weighted by atomic mass is 10.2. The van der Waals surface area contributed by atoms with Crippen LogP contribution in [-0.2, 0) is 14.8 Å². The fraction of sp³-hybridized carbons (Fsp3) is 0.174. The summed E-state index contributed by atoms with van der Waals surface area (Å²) in [6, 6.07) is 17.7. The average molecular weight is 475 g/mol. The van der Waals surface area contributed by atoms with Gasteiger partial charge in [-0.15, -0.1) is 0 Å². The number of anilines is 2. The van der Waals surface area contributed by atoms with Crippen molar-refractivity contribution < 1.29 is 22.7 Å². The molecule has 3 aromatic rings. The maximum atomic E-state index is 13.6. The summed E-state index contributed by atoms with van der Waals surface area (Å²) >= 11 is 5.97. The van der Waals surface area contributed by atoms with E-state index in [1.54, 1.807) is 36.4 Å². The van der Waals surface area contributed by atoms with Crippen molar-refractivity contribution in [2.24, 2.45) is 0 Å². The normalized spacial score (nSPS) is 11.0. The number of carbonyl (C=O) groups is 1. The van der Waals surface area contributed by atoms with E-state index in [1.165, 1.54) is 32.4 Å². The first-order valence-electron chi connectivity index (χ1n) is 9.62. The Morgan fingerprint density at radius 3 is 2.25 bits per heavy atom. The number of methoxy groups -OCH3 is 2. The number of nitrogens with zero attached hydrogens (tertiary/aromatic N) is 1. The Hall–Kier alpha value is -3.23. The molecule has 3 aromatic carbocycles. The average Bonchev–Trinajstić information content (AvgIpc) is 2.79. The maximum absolute atomic E-state index is 13.6. The van der Waals surface area contributed by atoms with Crippen LogP contribution in [0.3, 0.4) is 0 Å². The lowest BCUT2D eigenvalue weighted by molar-refractivity contribution is -0.114. The van der Waals surface area contributed by atoms with Crippen molar-refractivity contribution in [3.8, 4) is 11.5 Å². The molecule has 0 aliphatic rings. The molecular formula is C23H23ClN2O5S. The summed E-state index contributed by atoms with van der Waals surface area (Å²) in [5.41, 5.74) is 1.77. The highest BCUT2D eigenvalue weighted by Crippen LogP contribution is 2.32. The lowest BCUT2D eigenvalue weighted by Crippen LogP contribution is -2.38. The van der Waals surface area contributed by atoms with Gasteiger partial charge in [0.2, 0.25) is 5.91 Å². The van der Waals surface area contributed by atoms with E-state index >= 15 is 0 Å². The Bertz CT molecular complexity index is 1210. The van der Waals surface area contributed by atoms with Gasteiger partial charge in [0.05, 0.1) is 24.8 Å². The topological polar surface area (TPSA) is 84.9 Å². The van der Waals surface area contributed by atoms with Gasteiger partial charge in [-0.3, -0.25) is 9.10 Å². The van der Waals surface area contributed by atoms with E-state index in [9.17, 15) is 13.2 Å². The zero-order chi connectivity index (χ0) is 23.3. The Kier molecular flexibility index (Phi) is 7.27. The highest BCUT2D eigenvalue weighted by atomic mass is 35.5. The number of carbonyl (C=O) groups excluding carboxylic acids is 1. The van der Waals surface area contributed by atoms with Gasteiger partial charge in [-0.05, 0) is 55.0 Å². The third kappa shape index (κ3) is 5.15. The second-order valence-corrected chi connectivity index (χ2v) is 9.17. The third-order valence-electron chi connectivity index (χ3n) is 4.76. The van der Waals surface area contributed by atoms with E-state index in [0.717, 1.165) is 9.87 Å². The Balaban J connectivity index is 2.00. The predicted molar refractivity (Wildman–Crippen MR) is 125 cm³/mol. The molecule has 0 fully saturated rings. The van der Waals surface area contributed by atoms with Crippen molar-refractivity contribution in [1.29, 1.82) is 0 Å². The Morgan fingerprint density at radius 1 is 0.969 bits per heavy atom. The quantitative estimate of drug-likeness (QED) is 0.519. The number of rotatable bonds is 8. The zero-order valence-corrected chi connectivity index (χ0v) is 19.4. The van der Waals surface area contributed by atoms with Gasteiger partial charge in [0, 0.05) is 16.8 Å². The number of benzene rings is 3. The molecule has 3 rings (SSSR count). The Morgan fingerprint density at radius 2 is 1.62 bits per heavy atom. The minimum absolute atomic E-state index is 0.0474. The molecule has 0 aromatic heterocycles. The van der Waals surface area contributed by atoms with Gasteiger partial charge >= 0.3 is 0 Å². The second kappa shape index (κ2) is 9.93. The maximum Gasteiger partial charge on any atom is 0.264 e.